The Kier molecular flexibility index (Phi) is 7.50. The van der Waals surface area contributed by atoms with E-state index in [1.54, 1.807) is 19.2 Å². The molecule has 190 valence electrons. The molecule has 0 aliphatic heterocycles. The fourth-order valence-corrected chi connectivity index (χ4v) is 6.20. The van der Waals surface area contributed by atoms with Crippen molar-refractivity contribution < 1.29 is 18.3 Å². The van der Waals surface area contributed by atoms with Crippen molar-refractivity contribution in [2.75, 3.05) is 23.5 Å². The molecule has 7 nitrogen and oxygen atoms in total. The molecular weight excluding hydrogens is 549 g/mol. The lowest BCUT2D eigenvalue weighted by atomic mass is 10.3. The maximum absolute atomic E-state index is 14.5. The number of halogens is 2. The number of ether oxygens (including phenoxy) is 1. The van der Waals surface area contributed by atoms with Crippen LogP contribution in [0.1, 0.15) is 5.01 Å². The van der Waals surface area contributed by atoms with Crippen LogP contribution in [0, 0.1) is 23.0 Å². The van der Waals surface area contributed by atoms with Crippen molar-refractivity contribution in [1.29, 1.82) is 5.26 Å². The van der Waals surface area contributed by atoms with Crippen molar-refractivity contribution >= 4 is 77.2 Å². The molecule has 1 amide bonds. The second-order valence-corrected chi connectivity index (χ2v) is 10.8. The van der Waals surface area contributed by atoms with Gasteiger partial charge in [0.1, 0.15) is 34.0 Å². The van der Waals surface area contributed by atoms with Crippen LogP contribution in [0.3, 0.4) is 0 Å². The van der Waals surface area contributed by atoms with Crippen LogP contribution in [0.5, 0.6) is 5.75 Å². The molecule has 0 saturated heterocycles. The molecule has 0 fully saturated rings. The van der Waals surface area contributed by atoms with Crippen molar-refractivity contribution in [1.82, 2.24) is 9.97 Å². The van der Waals surface area contributed by atoms with Crippen LogP contribution < -0.4 is 15.4 Å². The van der Waals surface area contributed by atoms with Gasteiger partial charge in [-0.2, -0.15) is 5.26 Å². The lowest BCUT2D eigenvalue weighted by Crippen LogP contribution is -2.15. The van der Waals surface area contributed by atoms with Gasteiger partial charge in [0.15, 0.2) is 5.13 Å². The Morgan fingerprint density at radius 3 is 2.61 bits per heavy atom. The van der Waals surface area contributed by atoms with Gasteiger partial charge in [0.2, 0.25) is 5.91 Å². The van der Waals surface area contributed by atoms with E-state index in [4.69, 9.17) is 4.74 Å². The van der Waals surface area contributed by atoms with Crippen LogP contribution >= 0.6 is 34.4 Å². The van der Waals surface area contributed by atoms with Crippen molar-refractivity contribution in [3.05, 3.63) is 82.3 Å². The number of nitrogens with one attached hydrogen (secondary N) is 2. The molecule has 0 unspecified atom stereocenters. The number of hydrogen-bond donors (Lipinski definition) is 2. The highest BCUT2D eigenvalue weighted by Crippen LogP contribution is 2.34. The summed E-state index contributed by atoms with van der Waals surface area (Å²) < 4.78 is 34.9. The lowest BCUT2D eigenvalue weighted by Gasteiger charge is -2.13. The molecular formula is C26H17F2N5O2S3. The number of thiazole rings is 2. The number of thioether (sulfide) groups is 1. The first kappa shape index (κ1) is 25.6. The molecule has 0 aliphatic carbocycles. The van der Waals surface area contributed by atoms with Gasteiger partial charge in [-0.05, 0) is 42.5 Å². The number of amides is 1. The number of nitrogens with zero attached hydrogens (tertiary/aromatic N) is 3. The van der Waals surface area contributed by atoms with E-state index in [0.29, 0.717) is 21.4 Å². The molecule has 5 aromatic rings. The third-order valence-corrected chi connectivity index (χ3v) is 8.20. The van der Waals surface area contributed by atoms with E-state index in [9.17, 15) is 18.8 Å². The Hall–Kier alpha value is -4.05. The Morgan fingerprint density at radius 2 is 1.84 bits per heavy atom. The third-order valence-electron chi connectivity index (χ3n) is 5.22. The average Bonchev–Trinajstić information content (AvgIpc) is 3.51. The first-order valence-corrected chi connectivity index (χ1v) is 13.6. The average molecular weight is 566 g/mol. The zero-order chi connectivity index (χ0) is 26.6. The minimum absolute atomic E-state index is 0.0386. The van der Waals surface area contributed by atoms with Crippen molar-refractivity contribution in [2.45, 2.75) is 0 Å². The summed E-state index contributed by atoms with van der Waals surface area (Å²) in [4.78, 5) is 21.8. The second-order valence-electron chi connectivity index (χ2n) is 7.74. The van der Waals surface area contributed by atoms with Gasteiger partial charge in [-0.25, -0.2) is 18.7 Å². The number of aromatic nitrogens is 2. The van der Waals surface area contributed by atoms with Crippen LogP contribution in [0.2, 0.25) is 0 Å². The molecule has 0 radical (unpaired) electrons. The molecule has 2 N–H and O–H groups in total. The van der Waals surface area contributed by atoms with Crippen LogP contribution in [0.15, 0.2) is 65.7 Å². The summed E-state index contributed by atoms with van der Waals surface area (Å²) >= 11 is 3.60. The summed E-state index contributed by atoms with van der Waals surface area (Å²) in [5, 5.41) is 16.7. The number of carbonyl (C=O) groups is 1. The van der Waals surface area contributed by atoms with E-state index >= 15 is 0 Å². The highest BCUT2D eigenvalue weighted by Gasteiger charge is 2.19. The van der Waals surface area contributed by atoms with Gasteiger partial charge in [0.05, 0.1) is 44.0 Å². The zero-order valence-electron chi connectivity index (χ0n) is 19.6. The van der Waals surface area contributed by atoms with Gasteiger partial charge in [0, 0.05) is 6.07 Å². The maximum Gasteiger partial charge on any atom is 0.236 e. The van der Waals surface area contributed by atoms with Crippen LogP contribution in [0.25, 0.3) is 26.0 Å². The first-order chi connectivity index (χ1) is 18.4. The number of carbonyl (C=O) groups excluding carboxylic acids is 1. The van der Waals surface area contributed by atoms with E-state index < -0.39 is 11.6 Å². The van der Waals surface area contributed by atoms with Gasteiger partial charge in [-0.3, -0.25) is 4.79 Å². The Balaban J connectivity index is 1.41. The fraction of sp³-hybridized carbons (Fsp3) is 0.0769. The SMILES string of the molecule is COc1ccc2nc(NC(=O)CS/C(Nc3ccc(F)cc3F)=C(\C#N)c3nc4ccccc4s3)sc2c1. The molecule has 2 aromatic heterocycles. The van der Waals surface area contributed by atoms with E-state index in [2.05, 4.69) is 26.7 Å². The molecule has 2 heterocycles. The summed E-state index contributed by atoms with van der Waals surface area (Å²) in [6.45, 7) is 0. The van der Waals surface area contributed by atoms with Crippen molar-refractivity contribution in [3.63, 3.8) is 0 Å². The van der Waals surface area contributed by atoms with Gasteiger partial charge in [-0.15, -0.1) is 11.3 Å². The first-order valence-electron chi connectivity index (χ1n) is 11.0. The van der Waals surface area contributed by atoms with Gasteiger partial charge >= 0.3 is 0 Å². The van der Waals surface area contributed by atoms with Crippen LogP contribution in [-0.2, 0) is 4.79 Å². The van der Waals surface area contributed by atoms with Crippen molar-refractivity contribution in [3.8, 4) is 11.8 Å². The molecule has 0 bridgehead atoms. The fourth-order valence-electron chi connectivity index (χ4n) is 3.44. The predicted molar refractivity (Wildman–Crippen MR) is 149 cm³/mol. The Morgan fingerprint density at radius 1 is 1.03 bits per heavy atom. The second kappa shape index (κ2) is 11.1. The minimum atomic E-state index is -0.834. The smallest absolute Gasteiger partial charge is 0.236 e. The maximum atomic E-state index is 14.5. The Labute approximate surface area is 227 Å². The van der Waals surface area contributed by atoms with E-state index in [1.807, 2.05) is 30.3 Å². The lowest BCUT2D eigenvalue weighted by molar-refractivity contribution is -0.113. The third kappa shape index (κ3) is 5.60. The summed E-state index contributed by atoms with van der Waals surface area (Å²) in [6.07, 6.45) is 0. The highest BCUT2D eigenvalue weighted by molar-refractivity contribution is 8.04. The monoisotopic (exact) mass is 565 g/mol. The standard InChI is InChI=1S/C26H17F2N5O2S3/c1-35-15-7-9-20-22(11-15)38-26(32-20)33-23(34)13-36-24(30-18-8-6-14(27)10-17(18)28)16(12-29)25-31-19-4-2-3-5-21(19)37-25/h2-11,30H,13H2,1H3,(H,32,33,34)/b24-16+. The summed E-state index contributed by atoms with van der Waals surface area (Å²) in [7, 11) is 1.57. The number of nitriles is 1. The number of rotatable bonds is 8. The summed E-state index contributed by atoms with van der Waals surface area (Å²) in [5.74, 6) is -1.37. The molecule has 12 heteroatoms. The number of anilines is 2. The van der Waals surface area contributed by atoms with Crippen LogP contribution in [0.4, 0.5) is 19.6 Å². The largest absolute Gasteiger partial charge is 0.497 e. The molecule has 3 aromatic carbocycles. The van der Waals surface area contributed by atoms with Gasteiger partial charge in [-0.1, -0.05) is 35.2 Å². The molecule has 0 saturated carbocycles. The number of hydrogen-bond acceptors (Lipinski definition) is 9. The Bertz CT molecular complexity index is 1710. The van der Waals surface area contributed by atoms with E-state index in [1.165, 1.54) is 28.7 Å². The van der Waals surface area contributed by atoms with Gasteiger partial charge < -0.3 is 15.4 Å². The number of benzene rings is 3. The highest BCUT2D eigenvalue weighted by atomic mass is 32.2. The minimum Gasteiger partial charge on any atom is -0.497 e. The predicted octanol–water partition coefficient (Wildman–Crippen LogP) is 6.87. The number of para-hydroxylation sites is 1. The summed E-state index contributed by atoms with van der Waals surface area (Å²) in [5.41, 5.74) is 1.53. The topological polar surface area (TPSA) is 99.9 Å². The normalized spacial score (nSPS) is 11.7. The number of methoxy groups -OCH3 is 1. The molecule has 38 heavy (non-hydrogen) atoms. The molecule has 0 aliphatic rings. The summed E-state index contributed by atoms with van der Waals surface area (Å²) in [6, 6.07) is 18.0. The quantitative estimate of drug-likeness (QED) is 0.198. The molecule has 0 spiro atoms. The molecule has 0 atom stereocenters. The van der Waals surface area contributed by atoms with Crippen LogP contribution in [-0.4, -0.2) is 28.7 Å². The number of allylic oxidation sites excluding steroid dienone is 1. The zero-order valence-corrected chi connectivity index (χ0v) is 22.1. The van der Waals surface area contributed by atoms with E-state index in [0.717, 1.165) is 38.8 Å². The van der Waals surface area contributed by atoms with Gasteiger partial charge in [0.25, 0.3) is 0 Å². The van der Waals surface area contributed by atoms with Crippen molar-refractivity contribution in [2.24, 2.45) is 0 Å². The molecule has 5 rings (SSSR count). The van der Waals surface area contributed by atoms with E-state index in [-0.39, 0.29) is 27.9 Å². The number of fused-ring (bicyclic) bond motifs is 2.